The summed E-state index contributed by atoms with van der Waals surface area (Å²) >= 11 is 0. The van der Waals surface area contributed by atoms with Gasteiger partial charge in [0.05, 0.1) is 17.4 Å². The molecule has 0 heterocycles. The summed E-state index contributed by atoms with van der Waals surface area (Å²) in [4.78, 5) is 11.4. The maximum absolute atomic E-state index is 11.4. The molecule has 0 bridgehead atoms. The molecule has 0 aromatic heterocycles. The van der Waals surface area contributed by atoms with Crippen LogP contribution < -0.4 is 5.32 Å². The lowest BCUT2D eigenvalue weighted by atomic mass is 9.87. The van der Waals surface area contributed by atoms with Crippen LogP contribution in [0, 0.1) is 17.2 Å². The van der Waals surface area contributed by atoms with Gasteiger partial charge < -0.3 is 10.4 Å². The maximum Gasteiger partial charge on any atom is 0.159 e. The highest BCUT2D eigenvalue weighted by atomic mass is 16.3. The topological polar surface area (TPSA) is 73.1 Å². The van der Waals surface area contributed by atoms with Crippen molar-refractivity contribution in [2.24, 2.45) is 5.92 Å². The molecule has 0 saturated heterocycles. The van der Waals surface area contributed by atoms with Gasteiger partial charge in [-0.05, 0) is 50.3 Å². The molecular formula is C16H20N2O2. The van der Waals surface area contributed by atoms with Gasteiger partial charge in [0.1, 0.15) is 6.07 Å². The first kappa shape index (κ1) is 14.5. The molecule has 0 spiro atoms. The Morgan fingerprint density at radius 2 is 2.30 bits per heavy atom. The fourth-order valence-corrected chi connectivity index (χ4v) is 2.71. The average molecular weight is 272 g/mol. The predicted octanol–water partition coefficient (Wildman–Crippen LogP) is 2.72. The van der Waals surface area contributed by atoms with Gasteiger partial charge in [0.15, 0.2) is 5.78 Å². The van der Waals surface area contributed by atoms with Gasteiger partial charge in [-0.25, -0.2) is 0 Å². The number of ketones is 1. The van der Waals surface area contributed by atoms with Crippen molar-refractivity contribution in [1.29, 1.82) is 5.26 Å². The number of benzene rings is 1. The fraction of sp³-hybridized carbons (Fsp3) is 0.500. The first-order valence-electron chi connectivity index (χ1n) is 7.07. The van der Waals surface area contributed by atoms with Crippen molar-refractivity contribution in [2.75, 3.05) is 11.9 Å². The number of rotatable bonds is 4. The lowest BCUT2D eigenvalue weighted by Gasteiger charge is -2.26. The van der Waals surface area contributed by atoms with E-state index in [1.54, 1.807) is 18.2 Å². The molecule has 1 saturated carbocycles. The monoisotopic (exact) mass is 272 g/mol. The molecule has 0 radical (unpaired) electrons. The summed E-state index contributed by atoms with van der Waals surface area (Å²) < 4.78 is 0. The van der Waals surface area contributed by atoms with Gasteiger partial charge in [0, 0.05) is 12.1 Å². The number of carbonyl (C=O) groups is 1. The van der Waals surface area contributed by atoms with E-state index in [4.69, 9.17) is 5.26 Å². The second-order valence-corrected chi connectivity index (χ2v) is 5.50. The van der Waals surface area contributed by atoms with E-state index in [-0.39, 0.29) is 11.9 Å². The number of nitrogens with zero attached hydrogens (tertiary/aromatic N) is 1. The van der Waals surface area contributed by atoms with Gasteiger partial charge in [-0.2, -0.15) is 5.26 Å². The van der Waals surface area contributed by atoms with E-state index >= 15 is 0 Å². The van der Waals surface area contributed by atoms with Gasteiger partial charge in [0.25, 0.3) is 0 Å². The number of aliphatic hydroxyl groups excluding tert-OH is 1. The Hall–Kier alpha value is -1.86. The highest BCUT2D eigenvalue weighted by molar-refractivity contribution is 5.95. The number of aliphatic hydroxyl groups is 1. The van der Waals surface area contributed by atoms with Crippen LogP contribution in [-0.4, -0.2) is 23.5 Å². The summed E-state index contributed by atoms with van der Waals surface area (Å²) in [6.07, 6.45) is 3.64. The SMILES string of the molecule is CC(=O)c1ccc(C#N)c(NCC2CCCC(O)C2)c1. The molecule has 2 rings (SSSR count). The molecule has 106 valence electrons. The van der Waals surface area contributed by atoms with Crippen molar-refractivity contribution >= 4 is 11.5 Å². The fourth-order valence-electron chi connectivity index (χ4n) is 2.71. The number of nitriles is 1. The minimum atomic E-state index is -0.199. The van der Waals surface area contributed by atoms with Crippen LogP contribution in [0.4, 0.5) is 5.69 Å². The molecule has 1 fully saturated rings. The zero-order valence-electron chi connectivity index (χ0n) is 11.7. The summed E-state index contributed by atoms with van der Waals surface area (Å²) in [6, 6.07) is 7.22. The minimum Gasteiger partial charge on any atom is -0.393 e. The van der Waals surface area contributed by atoms with Crippen LogP contribution >= 0.6 is 0 Å². The minimum absolute atomic E-state index is 0.00868. The van der Waals surface area contributed by atoms with Crippen LogP contribution in [0.3, 0.4) is 0 Å². The first-order valence-corrected chi connectivity index (χ1v) is 7.07. The summed E-state index contributed by atoms with van der Waals surface area (Å²) in [5.74, 6) is 0.414. The Morgan fingerprint density at radius 3 is 2.95 bits per heavy atom. The molecule has 2 N–H and O–H groups in total. The van der Waals surface area contributed by atoms with E-state index < -0.39 is 0 Å². The summed E-state index contributed by atoms with van der Waals surface area (Å²) in [5, 5.41) is 22.0. The molecule has 1 aliphatic carbocycles. The van der Waals surface area contributed by atoms with Crippen LogP contribution in [-0.2, 0) is 0 Å². The zero-order valence-corrected chi connectivity index (χ0v) is 11.7. The number of carbonyl (C=O) groups excluding carboxylic acids is 1. The number of Topliss-reactive ketones (excluding diaryl/α,β-unsaturated/α-hetero) is 1. The second kappa shape index (κ2) is 6.53. The number of nitrogens with one attached hydrogen (secondary N) is 1. The zero-order chi connectivity index (χ0) is 14.5. The van der Waals surface area contributed by atoms with Gasteiger partial charge in [0.2, 0.25) is 0 Å². The molecule has 4 heteroatoms. The van der Waals surface area contributed by atoms with E-state index in [1.807, 2.05) is 0 Å². The molecular weight excluding hydrogens is 252 g/mol. The van der Waals surface area contributed by atoms with E-state index in [2.05, 4.69) is 11.4 Å². The molecule has 2 atom stereocenters. The molecule has 1 aliphatic rings. The molecule has 4 nitrogen and oxygen atoms in total. The standard InChI is InChI=1S/C16H20N2O2/c1-11(19)13-5-6-14(9-17)16(8-13)18-10-12-3-2-4-15(20)7-12/h5-6,8,12,15,18,20H,2-4,7,10H2,1H3. The van der Waals surface area contributed by atoms with Crippen molar-refractivity contribution in [3.8, 4) is 6.07 Å². The third-order valence-corrected chi connectivity index (χ3v) is 3.88. The van der Waals surface area contributed by atoms with E-state index in [0.717, 1.165) is 32.2 Å². The summed E-state index contributed by atoms with van der Waals surface area (Å²) in [6.45, 7) is 2.25. The number of hydrogen-bond acceptors (Lipinski definition) is 4. The normalized spacial score (nSPS) is 22.1. The Balaban J connectivity index is 2.06. The highest BCUT2D eigenvalue weighted by Crippen LogP contribution is 2.25. The molecule has 20 heavy (non-hydrogen) atoms. The Bertz CT molecular complexity index is 534. The van der Waals surface area contributed by atoms with Crippen LogP contribution in [0.25, 0.3) is 0 Å². The molecule has 0 amide bonds. The van der Waals surface area contributed by atoms with Crippen molar-refractivity contribution in [3.05, 3.63) is 29.3 Å². The van der Waals surface area contributed by atoms with Crippen molar-refractivity contribution in [1.82, 2.24) is 0 Å². The highest BCUT2D eigenvalue weighted by Gasteiger charge is 2.20. The smallest absolute Gasteiger partial charge is 0.159 e. The Labute approximate surface area is 119 Å². The van der Waals surface area contributed by atoms with Crippen LogP contribution in [0.15, 0.2) is 18.2 Å². The summed E-state index contributed by atoms with van der Waals surface area (Å²) in [5.41, 5.74) is 1.86. The number of anilines is 1. The maximum atomic E-state index is 11.4. The lowest BCUT2D eigenvalue weighted by Crippen LogP contribution is -2.25. The van der Waals surface area contributed by atoms with E-state index in [0.29, 0.717) is 22.7 Å². The third kappa shape index (κ3) is 3.58. The van der Waals surface area contributed by atoms with Crippen LogP contribution in [0.5, 0.6) is 0 Å². The largest absolute Gasteiger partial charge is 0.393 e. The predicted molar refractivity (Wildman–Crippen MR) is 77.6 cm³/mol. The van der Waals surface area contributed by atoms with Crippen LogP contribution in [0.2, 0.25) is 0 Å². The van der Waals surface area contributed by atoms with E-state index in [1.165, 1.54) is 6.92 Å². The first-order chi connectivity index (χ1) is 9.60. The van der Waals surface area contributed by atoms with Gasteiger partial charge in [-0.15, -0.1) is 0 Å². The average Bonchev–Trinajstić information content (AvgIpc) is 2.44. The third-order valence-electron chi connectivity index (χ3n) is 3.88. The molecule has 1 aromatic carbocycles. The van der Waals surface area contributed by atoms with Gasteiger partial charge >= 0.3 is 0 Å². The Kier molecular flexibility index (Phi) is 4.75. The second-order valence-electron chi connectivity index (χ2n) is 5.50. The van der Waals surface area contributed by atoms with Crippen molar-refractivity contribution in [2.45, 2.75) is 38.7 Å². The molecule has 0 aliphatic heterocycles. The van der Waals surface area contributed by atoms with E-state index in [9.17, 15) is 9.90 Å². The quantitative estimate of drug-likeness (QED) is 0.827. The molecule has 1 aromatic rings. The summed E-state index contributed by atoms with van der Waals surface area (Å²) in [7, 11) is 0. The van der Waals surface area contributed by atoms with Gasteiger partial charge in [-0.3, -0.25) is 4.79 Å². The van der Waals surface area contributed by atoms with Crippen LogP contribution in [0.1, 0.15) is 48.5 Å². The van der Waals surface area contributed by atoms with Gasteiger partial charge in [-0.1, -0.05) is 6.42 Å². The number of hydrogen-bond donors (Lipinski definition) is 2. The van der Waals surface area contributed by atoms with Crippen molar-refractivity contribution in [3.63, 3.8) is 0 Å². The molecule has 2 unspecified atom stereocenters. The Morgan fingerprint density at radius 1 is 1.50 bits per heavy atom. The van der Waals surface area contributed by atoms with Crippen molar-refractivity contribution < 1.29 is 9.90 Å². The lowest BCUT2D eigenvalue weighted by molar-refractivity contribution is 0.101.